The first-order valence-corrected chi connectivity index (χ1v) is 9.06. The molecule has 2 aromatic carbocycles. The summed E-state index contributed by atoms with van der Waals surface area (Å²) in [5.41, 5.74) is 1.12. The van der Waals surface area contributed by atoms with Crippen LogP contribution in [-0.2, 0) is 13.1 Å². The van der Waals surface area contributed by atoms with Crippen molar-refractivity contribution in [3.05, 3.63) is 98.9 Å². The van der Waals surface area contributed by atoms with Gasteiger partial charge in [-0.25, -0.2) is 0 Å². The fourth-order valence-electron chi connectivity index (χ4n) is 2.74. The lowest BCUT2D eigenvalue weighted by atomic mass is 10.2. The van der Waals surface area contributed by atoms with Gasteiger partial charge in [0.05, 0.1) is 12.1 Å². The van der Waals surface area contributed by atoms with Gasteiger partial charge in [0.1, 0.15) is 5.75 Å². The molecule has 1 aromatic heterocycles. The van der Waals surface area contributed by atoms with E-state index in [1.807, 2.05) is 6.07 Å². The lowest BCUT2D eigenvalue weighted by Crippen LogP contribution is -2.27. The van der Waals surface area contributed by atoms with Gasteiger partial charge in [-0.3, -0.25) is 9.59 Å². The van der Waals surface area contributed by atoms with Crippen LogP contribution in [0.3, 0.4) is 0 Å². The van der Waals surface area contributed by atoms with E-state index in [9.17, 15) is 18.4 Å². The molecule has 0 radical (unpaired) electrons. The number of carbonyl (C=O) groups is 1. The molecule has 0 bridgehead atoms. The summed E-state index contributed by atoms with van der Waals surface area (Å²) in [6.07, 6.45) is 1.43. The fourth-order valence-corrected chi connectivity index (χ4v) is 2.93. The second-order valence-electron chi connectivity index (χ2n) is 6.14. The zero-order valence-electron chi connectivity index (χ0n) is 15.1. The number of carbonyl (C=O) groups excluding carboxylic acids is 1. The number of benzene rings is 2. The topological polar surface area (TPSA) is 60.3 Å². The van der Waals surface area contributed by atoms with E-state index in [0.717, 1.165) is 5.56 Å². The van der Waals surface area contributed by atoms with Crippen LogP contribution in [0.2, 0.25) is 5.02 Å². The number of nitrogens with one attached hydrogen (secondary N) is 1. The second-order valence-corrected chi connectivity index (χ2v) is 6.55. The predicted octanol–water partition coefficient (Wildman–Crippen LogP) is 4.08. The molecule has 29 heavy (non-hydrogen) atoms. The molecule has 0 saturated heterocycles. The predicted molar refractivity (Wildman–Crippen MR) is 106 cm³/mol. The quantitative estimate of drug-likeness (QED) is 0.629. The molecule has 8 heteroatoms. The monoisotopic (exact) mass is 418 g/mol. The zero-order chi connectivity index (χ0) is 20.8. The van der Waals surface area contributed by atoms with E-state index in [4.69, 9.17) is 11.6 Å². The van der Waals surface area contributed by atoms with Crippen LogP contribution in [-0.4, -0.2) is 17.1 Å². The number of para-hydroxylation sites is 1. The Labute approximate surface area is 170 Å². The van der Waals surface area contributed by atoms with Crippen molar-refractivity contribution in [3.8, 4) is 5.75 Å². The first-order chi connectivity index (χ1) is 13.9. The number of aromatic nitrogens is 1. The largest absolute Gasteiger partial charge is 0.434 e. The number of nitrogens with zero attached hydrogens (tertiary/aromatic N) is 1. The van der Waals surface area contributed by atoms with Gasteiger partial charge < -0.3 is 14.6 Å². The minimum atomic E-state index is -2.96. The molecule has 0 atom stereocenters. The van der Waals surface area contributed by atoms with Crippen molar-refractivity contribution in [2.45, 2.75) is 19.7 Å². The first-order valence-electron chi connectivity index (χ1n) is 8.69. The van der Waals surface area contributed by atoms with Gasteiger partial charge in [0.25, 0.3) is 11.5 Å². The molecule has 0 spiro atoms. The molecule has 0 aliphatic rings. The van der Waals surface area contributed by atoms with Gasteiger partial charge in [0.15, 0.2) is 0 Å². The number of rotatable bonds is 7. The van der Waals surface area contributed by atoms with Crippen molar-refractivity contribution in [1.29, 1.82) is 0 Å². The Morgan fingerprint density at radius 2 is 1.72 bits per heavy atom. The van der Waals surface area contributed by atoms with Crippen LogP contribution in [0.4, 0.5) is 8.78 Å². The Morgan fingerprint density at radius 1 is 1.03 bits per heavy atom. The van der Waals surface area contributed by atoms with Gasteiger partial charge in [-0.15, -0.1) is 0 Å². The van der Waals surface area contributed by atoms with Gasteiger partial charge in [-0.1, -0.05) is 48.0 Å². The van der Waals surface area contributed by atoms with Crippen LogP contribution in [0.5, 0.6) is 5.75 Å². The number of amides is 1. The molecule has 0 fully saturated rings. The molecular formula is C21H17ClF2N2O3. The number of hydrogen-bond acceptors (Lipinski definition) is 3. The van der Waals surface area contributed by atoms with E-state index >= 15 is 0 Å². The number of halogens is 3. The van der Waals surface area contributed by atoms with Gasteiger partial charge in [0.2, 0.25) is 0 Å². The summed E-state index contributed by atoms with van der Waals surface area (Å²) in [5.74, 6) is -0.462. The number of ether oxygens (including phenoxy) is 1. The average Bonchev–Trinajstić information content (AvgIpc) is 2.70. The Kier molecular flexibility index (Phi) is 6.61. The Morgan fingerprint density at radius 3 is 2.45 bits per heavy atom. The maximum Gasteiger partial charge on any atom is 0.387 e. The van der Waals surface area contributed by atoms with Crippen LogP contribution >= 0.6 is 11.6 Å². The smallest absolute Gasteiger partial charge is 0.387 e. The minimum Gasteiger partial charge on any atom is -0.434 e. The van der Waals surface area contributed by atoms with Gasteiger partial charge in [-0.2, -0.15) is 8.78 Å². The molecule has 3 rings (SSSR count). The highest BCUT2D eigenvalue weighted by molar-refractivity contribution is 6.31. The summed E-state index contributed by atoms with van der Waals surface area (Å²) in [4.78, 5) is 24.6. The summed E-state index contributed by atoms with van der Waals surface area (Å²) in [6.45, 7) is -2.75. The Balaban J connectivity index is 1.74. The van der Waals surface area contributed by atoms with Crippen LogP contribution in [0.15, 0.2) is 71.7 Å². The van der Waals surface area contributed by atoms with Gasteiger partial charge in [0, 0.05) is 29.4 Å². The third-order valence-corrected chi connectivity index (χ3v) is 4.54. The molecule has 1 amide bonds. The van der Waals surface area contributed by atoms with Crippen molar-refractivity contribution in [2.75, 3.05) is 0 Å². The maximum absolute atomic E-state index is 12.5. The summed E-state index contributed by atoms with van der Waals surface area (Å²) >= 11 is 6.14. The maximum atomic E-state index is 12.5. The minimum absolute atomic E-state index is 0.00788. The Hall–Kier alpha value is -3.19. The summed E-state index contributed by atoms with van der Waals surface area (Å²) in [5, 5.41) is 3.16. The van der Waals surface area contributed by atoms with E-state index in [2.05, 4.69) is 10.1 Å². The van der Waals surface area contributed by atoms with Crippen molar-refractivity contribution in [1.82, 2.24) is 9.88 Å². The molecule has 0 aliphatic carbocycles. The molecule has 1 heterocycles. The highest BCUT2D eigenvalue weighted by Gasteiger charge is 2.12. The summed E-state index contributed by atoms with van der Waals surface area (Å²) < 4.78 is 30.8. The van der Waals surface area contributed by atoms with Crippen LogP contribution < -0.4 is 15.6 Å². The van der Waals surface area contributed by atoms with Crippen molar-refractivity contribution in [2.24, 2.45) is 0 Å². The Bertz CT molecular complexity index is 1070. The SMILES string of the molecule is O=C(NCc1ccccc1OC(F)F)c1ccc(=O)n(Cc2ccccc2Cl)c1. The second kappa shape index (κ2) is 9.34. The van der Waals surface area contributed by atoms with Gasteiger partial charge >= 0.3 is 6.61 Å². The zero-order valence-corrected chi connectivity index (χ0v) is 15.9. The van der Waals surface area contributed by atoms with E-state index in [0.29, 0.717) is 10.6 Å². The molecule has 1 N–H and O–H groups in total. The summed E-state index contributed by atoms with van der Waals surface area (Å²) in [7, 11) is 0. The molecular weight excluding hydrogens is 402 g/mol. The van der Waals surface area contributed by atoms with Crippen LogP contribution in [0.1, 0.15) is 21.5 Å². The average molecular weight is 419 g/mol. The van der Waals surface area contributed by atoms with E-state index in [1.165, 1.54) is 29.0 Å². The van der Waals surface area contributed by atoms with E-state index in [-0.39, 0.29) is 30.0 Å². The molecule has 0 aliphatic heterocycles. The molecule has 0 unspecified atom stereocenters. The number of alkyl halides is 2. The molecule has 5 nitrogen and oxygen atoms in total. The third-order valence-electron chi connectivity index (χ3n) is 4.17. The van der Waals surface area contributed by atoms with Crippen LogP contribution in [0, 0.1) is 0 Å². The number of hydrogen-bond donors (Lipinski definition) is 1. The van der Waals surface area contributed by atoms with Crippen LogP contribution in [0.25, 0.3) is 0 Å². The highest BCUT2D eigenvalue weighted by Crippen LogP contribution is 2.20. The molecule has 0 saturated carbocycles. The first kappa shape index (κ1) is 20.5. The van der Waals surface area contributed by atoms with E-state index < -0.39 is 12.5 Å². The standard InChI is InChI=1S/C21H17ClF2N2O3/c22-17-7-3-1-6-15(17)12-26-13-16(9-10-19(26)27)20(28)25-11-14-5-2-4-8-18(14)29-21(23)24/h1-10,13,21H,11-12H2,(H,25,28). The fraction of sp³-hybridized carbons (Fsp3) is 0.143. The third kappa shape index (κ3) is 5.42. The summed E-state index contributed by atoms with van der Waals surface area (Å²) in [6, 6.07) is 16.0. The lowest BCUT2D eigenvalue weighted by molar-refractivity contribution is -0.0504. The van der Waals surface area contributed by atoms with Crippen molar-refractivity contribution in [3.63, 3.8) is 0 Å². The molecule has 150 valence electrons. The highest BCUT2D eigenvalue weighted by atomic mass is 35.5. The van der Waals surface area contributed by atoms with E-state index in [1.54, 1.807) is 36.4 Å². The van der Waals surface area contributed by atoms with Gasteiger partial charge in [-0.05, 0) is 23.8 Å². The van der Waals surface area contributed by atoms with Crippen molar-refractivity contribution < 1.29 is 18.3 Å². The normalized spacial score (nSPS) is 10.8. The van der Waals surface area contributed by atoms with Crippen molar-refractivity contribution >= 4 is 17.5 Å². The molecule has 3 aromatic rings. The lowest BCUT2D eigenvalue weighted by Gasteiger charge is -2.12. The number of pyridine rings is 1.